The molecule has 5 nitrogen and oxygen atoms in total. The van der Waals surface area contributed by atoms with Gasteiger partial charge in [-0.2, -0.15) is 0 Å². The summed E-state index contributed by atoms with van der Waals surface area (Å²) in [6.45, 7) is 4.02. The molecule has 0 fully saturated rings. The smallest absolute Gasteiger partial charge is 0.274 e. The highest BCUT2D eigenvalue weighted by molar-refractivity contribution is 6.04. The molecule has 124 valence electrons. The van der Waals surface area contributed by atoms with Gasteiger partial charge in [-0.25, -0.2) is 4.98 Å². The average Bonchev–Trinajstić information content (AvgIpc) is 2.93. The number of hydrogen-bond donors (Lipinski definition) is 1. The van der Waals surface area contributed by atoms with Gasteiger partial charge in [0.2, 0.25) is 0 Å². The van der Waals surface area contributed by atoms with Crippen LogP contribution in [0, 0.1) is 6.92 Å². The fourth-order valence-electron chi connectivity index (χ4n) is 2.72. The maximum absolute atomic E-state index is 12.8. The van der Waals surface area contributed by atoms with Crippen LogP contribution in [-0.2, 0) is 6.42 Å². The van der Waals surface area contributed by atoms with Gasteiger partial charge >= 0.3 is 0 Å². The zero-order valence-electron chi connectivity index (χ0n) is 14.5. The van der Waals surface area contributed by atoms with Crippen LogP contribution in [0.4, 0.5) is 11.4 Å². The van der Waals surface area contributed by atoms with Crippen LogP contribution in [0.15, 0.2) is 42.6 Å². The van der Waals surface area contributed by atoms with Crippen molar-refractivity contribution in [1.82, 2.24) is 9.38 Å². The quantitative estimate of drug-likeness (QED) is 0.799. The second-order valence-electron chi connectivity index (χ2n) is 6.09. The van der Waals surface area contributed by atoms with Gasteiger partial charge in [-0.05, 0) is 49.2 Å². The lowest BCUT2D eigenvalue weighted by molar-refractivity contribution is 0.102. The summed E-state index contributed by atoms with van der Waals surface area (Å²) in [6, 6.07) is 11.7. The summed E-state index contributed by atoms with van der Waals surface area (Å²) < 4.78 is 1.87. The van der Waals surface area contributed by atoms with Crippen LogP contribution in [0.3, 0.4) is 0 Å². The van der Waals surface area contributed by atoms with Gasteiger partial charge in [0, 0.05) is 31.7 Å². The van der Waals surface area contributed by atoms with E-state index in [0.29, 0.717) is 12.1 Å². The highest BCUT2D eigenvalue weighted by Gasteiger charge is 2.18. The van der Waals surface area contributed by atoms with Crippen molar-refractivity contribution in [2.24, 2.45) is 0 Å². The predicted octanol–water partition coefficient (Wildman–Crippen LogP) is 3.52. The molecule has 2 aromatic heterocycles. The van der Waals surface area contributed by atoms with E-state index >= 15 is 0 Å². The Hall–Kier alpha value is -2.82. The number of aromatic nitrogens is 2. The number of carbonyl (C=O) groups is 1. The fraction of sp³-hybridized carbons (Fsp3) is 0.263. The third-order valence-electron chi connectivity index (χ3n) is 4.03. The molecule has 3 rings (SSSR count). The molecule has 0 aliphatic rings. The van der Waals surface area contributed by atoms with Gasteiger partial charge in [-0.1, -0.05) is 13.0 Å². The second kappa shape index (κ2) is 6.35. The summed E-state index contributed by atoms with van der Waals surface area (Å²) >= 11 is 0. The van der Waals surface area contributed by atoms with E-state index < -0.39 is 0 Å². The van der Waals surface area contributed by atoms with Gasteiger partial charge in [-0.15, -0.1) is 0 Å². The van der Waals surface area contributed by atoms with Gasteiger partial charge in [0.15, 0.2) is 0 Å². The first kappa shape index (κ1) is 16.1. The Labute approximate surface area is 141 Å². The Bertz CT molecular complexity index is 878. The van der Waals surface area contributed by atoms with Gasteiger partial charge in [0.1, 0.15) is 11.3 Å². The van der Waals surface area contributed by atoms with E-state index in [1.165, 1.54) is 0 Å². The molecule has 0 spiro atoms. The molecule has 2 heterocycles. The first-order valence-corrected chi connectivity index (χ1v) is 8.06. The van der Waals surface area contributed by atoms with Gasteiger partial charge in [-0.3, -0.25) is 9.20 Å². The van der Waals surface area contributed by atoms with Crippen molar-refractivity contribution in [2.45, 2.75) is 20.3 Å². The molecule has 0 bridgehead atoms. The Morgan fingerprint density at radius 1 is 1.17 bits per heavy atom. The lowest BCUT2D eigenvalue weighted by Gasteiger charge is -2.13. The molecule has 0 aliphatic carbocycles. The molecular formula is C19H22N4O. The van der Waals surface area contributed by atoms with Crippen LogP contribution >= 0.6 is 0 Å². The van der Waals surface area contributed by atoms with Crippen molar-refractivity contribution >= 4 is 22.9 Å². The molecule has 1 amide bonds. The Balaban J connectivity index is 1.94. The third-order valence-corrected chi connectivity index (χ3v) is 4.03. The minimum Gasteiger partial charge on any atom is -0.378 e. The Morgan fingerprint density at radius 3 is 2.50 bits per heavy atom. The van der Waals surface area contributed by atoms with Crippen molar-refractivity contribution in [3.63, 3.8) is 0 Å². The highest BCUT2D eigenvalue weighted by atomic mass is 16.2. The summed E-state index contributed by atoms with van der Waals surface area (Å²) in [5.41, 5.74) is 5.16. The fourth-order valence-corrected chi connectivity index (χ4v) is 2.72. The normalized spacial score (nSPS) is 10.8. The third kappa shape index (κ3) is 2.97. The lowest BCUT2D eigenvalue weighted by atomic mass is 10.2. The molecule has 0 unspecified atom stereocenters. The zero-order chi connectivity index (χ0) is 17.3. The number of benzene rings is 1. The number of rotatable bonds is 4. The molecular weight excluding hydrogens is 300 g/mol. The zero-order valence-corrected chi connectivity index (χ0v) is 14.5. The monoisotopic (exact) mass is 322 g/mol. The van der Waals surface area contributed by atoms with E-state index in [4.69, 9.17) is 0 Å². The Kier molecular flexibility index (Phi) is 4.25. The summed E-state index contributed by atoms with van der Waals surface area (Å²) in [5.74, 6) is -0.137. The van der Waals surface area contributed by atoms with Crippen molar-refractivity contribution in [3.05, 3.63) is 59.5 Å². The predicted molar refractivity (Wildman–Crippen MR) is 98.0 cm³/mol. The molecule has 0 saturated heterocycles. The van der Waals surface area contributed by atoms with Crippen LogP contribution in [0.2, 0.25) is 0 Å². The Morgan fingerprint density at radius 2 is 1.88 bits per heavy atom. The van der Waals surface area contributed by atoms with E-state index in [1.54, 1.807) is 0 Å². The van der Waals surface area contributed by atoms with E-state index in [0.717, 1.165) is 28.3 Å². The first-order valence-electron chi connectivity index (χ1n) is 8.06. The molecule has 0 saturated carbocycles. The topological polar surface area (TPSA) is 49.6 Å². The van der Waals surface area contributed by atoms with Gasteiger partial charge in [0.05, 0.1) is 5.69 Å². The van der Waals surface area contributed by atoms with Crippen LogP contribution in [0.1, 0.15) is 28.7 Å². The summed E-state index contributed by atoms with van der Waals surface area (Å²) in [6.07, 6.45) is 2.66. The number of hydrogen-bond acceptors (Lipinski definition) is 3. The van der Waals surface area contributed by atoms with Crippen LogP contribution in [0.5, 0.6) is 0 Å². The number of carbonyl (C=O) groups excluding carboxylic acids is 1. The van der Waals surface area contributed by atoms with Crippen LogP contribution in [0.25, 0.3) is 5.65 Å². The molecule has 24 heavy (non-hydrogen) atoms. The van der Waals surface area contributed by atoms with Gasteiger partial charge in [0.25, 0.3) is 5.91 Å². The molecule has 1 aromatic carbocycles. The number of fused-ring (bicyclic) bond motifs is 1. The van der Waals surface area contributed by atoms with Crippen LogP contribution in [-0.4, -0.2) is 29.4 Å². The van der Waals surface area contributed by atoms with Crippen molar-refractivity contribution in [1.29, 1.82) is 0 Å². The standard InChI is InChI=1S/C19H22N4O/c1-5-16-18(23-12-13(2)6-11-17(23)21-16)19(24)20-14-7-9-15(10-8-14)22(3)4/h6-12H,5H2,1-4H3,(H,20,24). The molecule has 3 aromatic rings. The molecule has 1 N–H and O–H groups in total. The van der Waals surface area contributed by atoms with Crippen molar-refractivity contribution in [2.75, 3.05) is 24.3 Å². The summed E-state index contributed by atoms with van der Waals surface area (Å²) in [7, 11) is 3.98. The highest BCUT2D eigenvalue weighted by Crippen LogP contribution is 2.19. The molecule has 5 heteroatoms. The molecule has 0 atom stereocenters. The van der Waals surface area contributed by atoms with E-state index in [1.807, 2.05) is 79.8 Å². The van der Waals surface area contributed by atoms with Gasteiger partial charge < -0.3 is 10.2 Å². The molecule has 0 radical (unpaired) electrons. The summed E-state index contributed by atoms with van der Waals surface area (Å²) in [5, 5.41) is 2.98. The lowest BCUT2D eigenvalue weighted by Crippen LogP contribution is -2.16. The first-order chi connectivity index (χ1) is 11.5. The number of amides is 1. The second-order valence-corrected chi connectivity index (χ2v) is 6.09. The number of imidazole rings is 1. The van der Waals surface area contributed by atoms with E-state index in [2.05, 4.69) is 10.3 Å². The SMILES string of the molecule is CCc1nc2ccc(C)cn2c1C(=O)Nc1ccc(N(C)C)cc1. The largest absolute Gasteiger partial charge is 0.378 e. The number of nitrogens with zero attached hydrogens (tertiary/aromatic N) is 3. The molecule has 0 aliphatic heterocycles. The number of aryl methyl sites for hydroxylation is 2. The maximum atomic E-state index is 12.8. The number of anilines is 2. The number of pyridine rings is 1. The number of nitrogens with one attached hydrogen (secondary N) is 1. The minimum atomic E-state index is -0.137. The maximum Gasteiger partial charge on any atom is 0.274 e. The average molecular weight is 322 g/mol. The van der Waals surface area contributed by atoms with Crippen molar-refractivity contribution < 1.29 is 4.79 Å². The van der Waals surface area contributed by atoms with Crippen molar-refractivity contribution in [3.8, 4) is 0 Å². The van der Waals surface area contributed by atoms with E-state index in [-0.39, 0.29) is 5.91 Å². The summed E-state index contributed by atoms with van der Waals surface area (Å²) in [4.78, 5) is 19.4. The minimum absolute atomic E-state index is 0.137. The van der Waals surface area contributed by atoms with E-state index in [9.17, 15) is 4.79 Å². The van der Waals surface area contributed by atoms with Crippen LogP contribution < -0.4 is 10.2 Å².